The van der Waals surface area contributed by atoms with Crippen molar-refractivity contribution in [1.29, 1.82) is 5.41 Å². The van der Waals surface area contributed by atoms with Gasteiger partial charge in [-0.3, -0.25) is 5.41 Å². The van der Waals surface area contributed by atoms with Gasteiger partial charge in [-0.05, 0) is 18.2 Å². The second-order valence-electron chi connectivity index (χ2n) is 2.37. The Balaban J connectivity index is 2.50. The van der Waals surface area contributed by atoms with E-state index in [0.29, 0.717) is 11.7 Å². The third-order valence-electron chi connectivity index (χ3n) is 1.41. The Kier molecular flexibility index (Phi) is 4.32. The quantitative estimate of drug-likeness (QED) is 0.514. The van der Waals surface area contributed by atoms with Crippen molar-refractivity contribution < 1.29 is 4.74 Å². The Labute approximate surface area is 90.3 Å². The molecule has 0 aliphatic rings. The zero-order valence-corrected chi connectivity index (χ0v) is 9.61. The number of ether oxygens (including phenoxy) is 1. The van der Waals surface area contributed by atoms with Crippen molar-refractivity contribution in [2.45, 2.75) is 4.90 Å². The zero-order valence-electron chi connectivity index (χ0n) is 7.21. The van der Waals surface area contributed by atoms with Crippen LogP contribution in [0.2, 0.25) is 0 Å². The minimum Gasteiger partial charge on any atom is -0.484 e. The molecule has 0 bridgehead atoms. The Morgan fingerprint density at radius 2 is 2.38 bits per heavy atom. The number of rotatable bonds is 3. The fraction of sp³-hybridized carbons (Fsp3) is 0.222. The molecule has 0 aliphatic heterocycles. The molecule has 1 N–H and O–H groups in total. The summed E-state index contributed by atoms with van der Waals surface area (Å²) in [6, 6.07) is 7.99. The zero-order chi connectivity index (χ0) is 9.68. The average molecular weight is 260 g/mol. The van der Waals surface area contributed by atoms with Crippen LogP contribution in [-0.4, -0.2) is 18.8 Å². The average Bonchev–Trinajstić information content (AvgIpc) is 2.14. The minimum absolute atomic E-state index is 0.296. The molecule has 0 spiro atoms. The van der Waals surface area contributed by atoms with Crippen molar-refractivity contribution in [2.24, 2.45) is 0 Å². The molecule has 0 aromatic heterocycles. The third-order valence-corrected chi connectivity index (χ3v) is 2.90. The summed E-state index contributed by atoms with van der Waals surface area (Å²) >= 11 is 4.98. The summed E-state index contributed by atoms with van der Waals surface area (Å²) in [7, 11) is 1.52. The maximum absolute atomic E-state index is 7.29. The van der Waals surface area contributed by atoms with E-state index in [1.165, 1.54) is 7.11 Å². The summed E-state index contributed by atoms with van der Waals surface area (Å²) < 4.78 is 5.81. The lowest BCUT2D eigenvalue weighted by atomic mass is 10.4. The smallest absolute Gasteiger partial charge is 0.190 e. The predicted octanol–water partition coefficient (Wildman–Crippen LogP) is 3.16. The van der Waals surface area contributed by atoms with E-state index in [0.717, 1.165) is 9.37 Å². The Morgan fingerprint density at radius 1 is 1.62 bits per heavy atom. The molecule has 0 unspecified atom stereocenters. The van der Waals surface area contributed by atoms with Gasteiger partial charge in [-0.25, -0.2) is 0 Å². The summed E-state index contributed by atoms with van der Waals surface area (Å²) in [6.07, 6.45) is 0. The molecule has 0 saturated carbocycles. The van der Waals surface area contributed by atoms with Crippen LogP contribution in [-0.2, 0) is 4.74 Å². The second kappa shape index (κ2) is 5.29. The molecule has 0 atom stereocenters. The molecular weight excluding hydrogens is 250 g/mol. The first-order valence-corrected chi connectivity index (χ1v) is 5.50. The molecular formula is C9H10BrNOS. The Hall–Kier alpha value is -0.480. The summed E-state index contributed by atoms with van der Waals surface area (Å²) in [4.78, 5) is 1.14. The van der Waals surface area contributed by atoms with Crippen LogP contribution in [0.3, 0.4) is 0 Å². The Morgan fingerprint density at radius 3 is 3.00 bits per heavy atom. The number of hydrogen-bond donors (Lipinski definition) is 1. The molecule has 13 heavy (non-hydrogen) atoms. The number of thioether (sulfide) groups is 1. The highest BCUT2D eigenvalue weighted by Gasteiger charge is 1.98. The summed E-state index contributed by atoms with van der Waals surface area (Å²) in [5.41, 5.74) is 0. The van der Waals surface area contributed by atoms with Gasteiger partial charge in [0.05, 0.1) is 12.9 Å². The van der Waals surface area contributed by atoms with E-state index in [9.17, 15) is 0 Å². The molecule has 0 aliphatic carbocycles. The lowest BCUT2D eigenvalue weighted by molar-refractivity contribution is 0.397. The largest absolute Gasteiger partial charge is 0.484 e. The monoisotopic (exact) mass is 259 g/mol. The highest BCUT2D eigenvalue weighted by atomic mass is 79.9. The van der Waals surface area contributed by atoms with Gasteiger partial charge in [0.25, 0.3) is 0 Å². The molecule has 70 valence electrons. The summed E-state index contributed by atoms with van der Waals surface area (Å²) in [5.74, 6) is 0.873. The first-order valence-electron chi connectivity index (χ1n) is 3.72. The van der Waals surface area contributed by atoms with E-state index in [4.69, 9.17) is 10.1 Å². The molecule has 0 saturated heterocycles. The number of nitrogens with one attached hydrogen (secondary N) is 1. The van der Waals surface area contributed by atoms with E-state index in [1.807, 2.05) is 24.3 Å². The topological polar surface area (TPSA) is 33.1 Å². The molecule has 1 aromatic rings. The van der Waals surface area contributed by atoms with Crippen molar-refractivity contribution in [3.8, 4) is 0 Å². The molecule has 4 heteroatoms. The highest BCUT2D eigenvalue weighted by Crippen LogP contribution is 2.21. The van der Waals surface area contributed by atoms with Crippen LogP contribution in [0, 0.1) is 5.41 Å². The minimum atomic E-state index is 0.296. The maximum atomic E-state index is 7.29. The van der Waals surface area contributed by atoms with Crippen molar-refractivity contribution in [3.63, 3.8) is 0 Å². The van der Waals surface area contributed by atoms with Crippen LogP contribution in [0.25, 0.3) is 0 Å². The van der Waals surface area contributed by atoms with Gasteiger partial charge in [0, 0.05) is 9.37 Å². The van der Waals surface area contributed by atoms with Crippen LogP contribution in [0.15, 0.2) is 33.6 Å². The maximum Gasteiger partial charge on any atom is 0.190 e. The highest BCUT2D eigenvalue weighted by molar-refractivity contribution is 9.10. The number of benzene rings is 1. The fourth-order valence-corrected chi connectivity index (χ4v) is 2.12. The summed E-state index contributed by atoms with van der Waals surface area (Å²) in [6.45, 7) is 0. The lowest BCUT2D eigenvalue weighted by Gasteiger charge is -2.02. The van der Waals surface area contributed by atoms with Crippen molar-refractivity contribution >= 4 is 33.6 Å². The van der Waals surface area contributed by atoms with Crippen LogP contribution >= 0.6 is 27.7 Å². The van der Waals surface area contributed by atoms with Gasteiger partial charge in [0.2, 0.25) is 0 Å². The molecule has 1 aromatic carbocycles. The molecule has 1 rings (SSSR count). The predicted molar refractivity (Wildman–Crippen MR) is 59.6 cm³/mol. The lowest BCUT2D eigenvalue weighted by Crippen LogP contribution is -2.01. The van der Waals surface area contributed by atoms with E-state index < -0.39 is 0 Å². The SMILES string of the molecule is COC(=N)CSc1cccc(Br)c1. The van der Waals surface area contributed by atoms with Gasteiger partial charge in [-0.15, -0.1) is 11.8 Å². The van der Waals surface area contributed by atoms with Gasteiger partial charge in [-0.1, -0.05) is 22.0 Å². The van der Waals surface area contributed by atoms with Crippen molar-refractivity contribution in [2.75, 3.05) is 12.9 Å². The van der Waals surface area contributed by atoms with Crippen molar-refractivity contribution in [1.82, 2.24) is 0 Å². The normalized spacial score (nSPS) is 9.69. The van der Waals surface area contributed by atoms with Crippen LogP contribution in [0.1, 0.15) is 0 Å². The van der Waals surface area contributed by atoms with E-state index in [-0.39, 0.29) is 0 Å². The van der Waals surface area contributed by atoms with Crippen molar-refractivity contribution in [3.05, 3.63) is 28.7 Å². The molecule has 0 amide bonds. The number of hydrogen-bond acceptors (Lipinski definition) is 3. The first kappa shape index (κ1) is 10.6. The van der Waals surface area contributed by atoms with E-state index in [1.54, 1.807) is 11.8 Å². The first-order chi connectivity index (χ1) is 6.22. The molecule has 0 radical (unpaired) electrons. The standard InChI is InChI=1S/C9H10BrNOS/c1-12-9(11)6-13-8-4-2-3-7(10)5-8/h2-5,11H,6H2,1H3. The second-order valence-corrected chi connectivity index (χ2v) is 4.34. The van der Waals surface area contributed by atoms with Gasteiger partial charge < -0.3 is 4.74 Å². The van der Waals surface area contributed by atoms with Crippen LogP contribution < -0.4 is 0 Å². The third kappa shape index (κ3) is 3.83. The number of halogens is 1. The fourth-order valence-electron chi connectivity index (χ4n) is 0.765. The summed E-state index contributed by atoms with van der Waals surface area (Å²) in [5, 5.41) is 7.29. The van der Waals surface area contributed by atoms with E-state index >= 15 is 0 Å². The molecule has 0 heterocycles. The van der Waals surface area contributed by atoms with Gasteiger partial charge in [0.1, 0.15) is 0 Å². The van der Waals surface area contributed by atoms with Gasteiger partial charge >= 0.3 is 0 Å². The molecule has 0 fully saturated rings. The van der Waals surface area contributed by atoms with Crippen LogP contribution in [0.5, 0.6) is 0 Å². The molecule has 2 nitrogen and oxygen atoms in total. The van der Waals surface area contributed by atoms with Crippen LogP contribution in [0.4, 0.5) is 0 Å². The van der Waals surface area contributed by atoms with E-state index in [2.05, 4.69) is 15.9 Å². The Bertz CT molecular complexity index is 303. The van der Waals surface area contributed by atoms with Gasteiger partial charge in [-0.2, -0.15) is 0 Å². The number of methoxy groups -OCH3 is 1. The van der Waals surface area contributed by atoms with Gasteiger partial charge in [0.15, 0.2) is 5.90 Å².